The maximum absolute atomic E-state index is 12.6. The highest BCUT2D eigenvalue weighted by atomic mass is 32.2. The summed E-state index contributed by atoms with van der Waals surface area (Å²) in [5.41, 5.74) is 0.180. The van der Waals surface area contributed by atoms with E-state index in [1.807, 2.05) is 23.1 Å². The first-order valence-corrected chi connectivity index (χ1v) is 10.3. The molecule has 0 aromatic heterocycles. The summed E-state index contributed by atoms with van der Waals surface area (Å²) >= 11 is 1.67. The molecule has 142 valence electrons. The van der Waals surface area contributed by atoms with Crippen molar-refractivity contribution in [3.63, 3.8) is 0 Å². The molecule has 0 radical (unpaired) electrons. The maximum Gasteiger partial charge on any atom is 0.223 e. The molecule has 2 fully saturated rings. The molecular weight excluding hydrogens is 350 g/mol. The fraction of sp³-hybridized carbons (Fsp3) is 0.650. The highest BCUT2D eigenvalue weighted by Crippen LogP contribution is 2.62. The Kier molecular flexibility index (Phi) is 4.59. The van der Waals surface area contributed by atoms with Crippen molar-refractivity contribution < 1.29 is 19.4 Å². The van der Waals surface area contributed by atoms with Crippen molar-refractivity contribution in [1.29, 1.82) is 0 Å². The van der Waals surface area contributed by atoms with E-state index in [9.17, 15) is 9.90 Å². The Hall–Kier alpha value is -1.40. The number of carbonyl (C=O) groups is 1. The van der Waals surface area contributed by atoms with Gasteiger partial charge in [-0.15, -0.1) is 11.8 Å². The van der Waals surface area contributed by atoms with Crippen molar-refractivity contribution in [2.45, 2.75) is 31.6 Å². The summed E-state index contributed by atoms with van der Waals surface area (Å²) in [5.74, 6) is 2.95. The highest BCUT2D eigenvalue weighted by Gasteiger charge is 2.62. The Labute approximate surface area is 159 Å². The van der Waals surface area contributed by atoms with Crippen LogP contribution in [0.4, 0.5) is 0 Å². The van der Waals surface area contributed by atoms with Crippen LogP contribution in [0.25, 0.3) is 0 Å². The average Bonchev–Trinajstić information content (AvgIpc) is 2.97. The molecule has 2 atom stereocenters. The van der Waals surface area contributed by atoms with E-state index in [0.29, 0.717) is 32.1 Å². The summed E-state index contributed by atoms with van der Waals surface area (Å²) in [6.45, 7) is 7.37. The topological polar surface area (TPSA) is 59.0 Å². The van der Waals surface area contributed by atoms with Crippen molar-refractivity contribution >= 4 is 17.7 Å². The van der Waals surface area contributed by atoms with Crippen LogP contribution >= 0.6 is 11.8 Å². The lowest BCUT2D eigenvalue weighted by Crippen LogP contribution is -2.54. The fourth-order valence-corrected chi connectivity index (χ4v) is 5.92. The molecule has 1 saturated carbocycles. The van der Waals surface area contributed by atoms with E-state index in [1.165, 1.54) is 0 Å². The minimum atomic E-state index is -0.0534. The summed E-state index contributed by atoms with van der Waals surface area (Å²) in [5, 5.41) is 9.84. The minimum Gasteiger partial charge on any atom is -0.486 e. The average molecular weight is 378 g/mol. The van der Waals surface area contributed by atoms with Gasteiger partial charge in [-0.05, 0) is 36.0 Å². The van der Waals surface area contributed by atoms with Crippen molar-refractivity contribution in [3.8, 4) is 11.5 Å². The Balaban J connectivity index is 1.30. The molecule has 1 N–H and O–H groups in total. The van der Waals surface area contributed by atoms with Gasteiger partial charge in [0.25, 0.3) is 0 Å². The summed E-state index contributed by atoms with van der Waals surface area (Å²) in [7, 11) is 0. The monoisotopic (exact) mass is 377 g/mol. The lowest BCUT2D eigenvalue weighted by Gasteiger charge is -2.55. The van der Waals surface area contributed by atoms with Gasteiger partial charge in [0.2, 0.25) is 5.91 Å². The quantitative estimate of drug-likeness (QED) is 0.800. The largest absolute Gasteiger partial charge is 0.486 e. The van der Waals surface area contributed by atoms with Gasteiger partial charge in [0.15, 0.2) is 11.5 Å². The SMILES string of the molecule is CC1(C)C[C@]2(CO)CN(C(=O)CCSc3ccc4c(c3)OCCO4)C[C@H]12. The summed E-state index contributed by atoms with van der Waals surface area (Å²) in [6, 6.07) is 5.94. The second kappa shape index (κ2) is 6.64. The van der Waals surface area contributed by atoms with Gasteiger partial charge in [0.05, 0.1) is 6.61 Å². The first kappa shape index (κ1) is 18.0. The van der Waals surface area contributed by atoms with Gasteiger partial charge >= 0.3 is 0 Å². The standard InChI is InChI=1S/C20H27NO4S/c1-19(2)11-20(13-22)12-21(10-17(19)20)18(23)5-8-26-14-3-4-15-16(9-14)25-7-6-24-15/h3-4,9,17,22H,5-8,10-13H2,1-2H3/t17-,20-/m1/s1. The molecule has 6 heteroatoms. The van der Waals surface area contributed by atoms with Gasteiger partial charge in [-0.2, -0.15) is 0 Å². The second-order valence-corrected chi connectivity index (χ2v) is 9.58. The van der Waals surface area contributed by atoms with E-state index in [4.69, 9.17) is 9.47 Å². The molecule has 5 nitrogen and oxygen atoms in total. The van der Waals surface area contributed by atoms with E-state index in [1.54, 1.807) is 11.8 Å². The van der Waals surface area contributed by atoms with Crippen LogP contribution in [0.3, 0.4) is 0 Å². The molecule has 1 amide bonds. The smallest absolute Gasteiger partial charge is 0.223 e. The lowest BCUT2D eigenvalue weighted by molar-refractivity contribution is -0.130. The minimum absolute atomic E-state index is 0.0534. The zero-order valence-corrected chi connectivity index (χ0v) is 16.3. The van der Waals surface area contributed by atoms with Crippen LogP contribution in [0.15, 0.2) is 23.1 Å². The number of amides is 1. The Morgan fingerprint density at radius 1 is 1.31 bits per heavy atom. The number of aliphatic hydroxyl groups excluding tert-OH is 1. The van der Waals surface area contributed by atoms with Gasteiger partial charge in [0.1, 0.15) is 13.2 Å². The molecule has 0 bridgehead atoms. The number of hydrogen-bond acceptors (Lipinski definition) is 5. The van der Waals surface area contributed by atoms with Gasteiger partial charge < -0.3 is 19.5 Å². The summed E-state index contributed by atoms with van der Waals surface area (Å²) in [4.78, 5) is 15.7. The number of nitrogens with zero attached hydrogens (tertiary/aromatic N) is 1. The third-order valence-corrected chi connectivity index (χ3v) is 7.16. The van der Waals surface area contributed by atoms with E-state index >= 15 is 0 Å². The lowest BCUT2D eigenvalue weighted by atomic mass is 9.48. The molecule has 3 aliphatic rings. The van der Waals surface area contributed by atoms with Gasteiger partial charge in [-0.3, -0.25) is 4.79 Å². The number of ether oxygens (including phenoxy) is 2. The zero-order valence-electron chi connectivity index (χ0n) is 15.5. The number of rotatable bonds is 5. The molecule has 0 unspecified atom stereocenters. The molecule has 26 heavy (non-hydrogen) atoms. The van der Waals surface area contributed by atoms with Gasteiger partial charge in [-0.1, -0.05) is 13.8 Å². The number of aliphatic hydroxyl groups is 1. The summed E-state index contributed by atoms with van der Waals surface area (Å²) < 4.78 is 11.1. The first-order chi connectivity index (χ1) is 12.4. The van der Waals surface area contributed by atoms with E-state index in [0.717, 1.165) is 35.1 Å². The zero-order chi connectivity index (χ0) is 18.4. The Morgan fingerprint density at radius 3 is 2.77 bits per heavy atom. The number of hydrogen-bond donors (Lipinski definition) is 1. The first-order valence-electron chi connectivity index (χ1n) is 9.35. The van der Waals surface area contributed by atoms with E-state index in [2.05, 4.69) is 13.8 Å². The second-order valence-electron chi connectivity index (χ2n) is 8.42. The fourth-order valence-electron chi connectivity index (χ4n) is 5.06. The van der Waals surface area contributed by atoms with Crippen LogP contribution in [0, 0.1) is 16.7 Å². The molecule has 2 heterocycles. The van der Waals surface area contributed by atoms with Crippen LogP contribution in [0.1, 0.15) is 26.7 Å². The normalized spacial score (nSPS) is 28.4. The van der Waals surface area contributed by atoms with Crippen LogP contribution in [-0.4, -0.2) is 54.6 Å². The van der Waals surface area contributed by atoms with Crippen LogP contribution < -0.4 is 9.47 Å². The number of thioether (sulfide) groups is 1. The predicted octanol–water partition coefficient (Wildman–Crippen LogP) is 2.81. The molecule has 4 rings (SSSR count). The molecule has 1 aromatic rings. The number of benzene rings is 1. The van der Waals surface area contributed by atoms with Crippen molar-refractivity contribution in [1.82, 2.24) is 4.90 Å². The summed E-state index contributed by atoms with van der Waals surface area (Å²) in [6.07, 6.45) is 1.53. The molecule has 1 saturated heterocycles. The highest BCUT2D eigenvalue weighted by molar-refractivity contribution is 7.99. The van der Waals surface area contributed by atoms with Crippen LogP contribution in [-0.2, 0) is 4.79 Å². The van der Waals surface area contributed by atoms with Crippen molar-refractivity contribution in [3.05, 3.63) is 18.2 Å². The van der Waals surface area contributed by atoms with Crippen molar-refractivity contribution in [2.75, 3.05) is 38.7 Å². The number of carbonyl (C=O) groups excluding carboxylic acids is 1. The third kappa shape index (κ3) is 3.07. The van der Waals surface area contributed by atoms with Gasteiger partial charge in [0, 0.05) is 35.6 Å². The molecular formula is C20H27NO4S. The molecule has 1 aliphatic carbocycles. The maximum atomic E-state index is 12.6. The van der Waals surface area contributed by atoms with Crippen molar-refractivity contribution in [2.24, 2.45) is 16.7 Å². The van der Waals surface area contributed by atoms with E-state index < -0.39 is 0 Å². The Bertz CT molecular complexity index is 707. The molecule has 2 aliphatic heterocycles. The van der Waals surface area contributed by atoms with Gasteiger partial charge in [-0.25, -0.2) is 0 Å². The Morgan fingerprint density at radius 2 is 2.08 bits per heavy atom. The predicted molar refractivity (Wildman–Crippen MR) is 101 cm³/mol. The molecule has 1 aromatic carbocycles. The van der Waals surface area contributed by atoms with E-state index in [-0.39, 0.29) is 23.3 Å². The van der Waals surface area contributed by atoms with Crippen LogP contribution in [0.5, 0.6) is 11.5 Å². The van der Waals surface area contributed by atoms with Crippen LogP contribution in [0.2, 0.25) is 0 Å². The number of likely N-dealkylation sites (tertiary alicyclic amines) is 1. The third-order valence-electron chi connectivity index (χ3n) is 6.16. The molecule has 0 spiro atoms. The number of fused-ring (bicyclic) bond motifs is 2.